The maximum Gasteiger partial charge on any atom is 0.275 e. The number of nitrogens with one attached hydrogen (secondary N) is 1. The molecule has 0 bridgehead atoms. The molecule has 132 valence electrons. The first kappa shape index (κ1) is 19.0. The average Bonchev–Trinajstić information content (AvgIpc) is 2.64. The van der Waals surface area contributed by atoms with Gasteiger partial charge in [0, 0.05) is 17.8 Å². The fourth-order valence-corrected chi connectivity index (χ4v) is 2.19. The lowest BCUT2D eigenvalue weighted by molar-refractivity contribution is -0.384. The maximum atomic E-state index is 11.2. The third kappa shape index (κ3) is 4.60. The number of ether oxygens (including phenoxy) is 1. The number of nitro groups is 1. The number of hydrogen-bond acceptors (Lipinski definition) is 7. The fraction of sp³-hybridized carbons (Fsp3) is 0.105. The van der Waals surface area contributed by atoms with Gasteiger partial charge in [-0.25, -0.2) is 0 Å². The minimum atomic E-state index is -0.605. The van der Waals surface area contributed by atoms with Gasteiger partial charge in [0.25, 0.3) is 5.69 Å². The van der Waals surface area contributed by atoms with Gasteiger partial charge in [-0.3, -0.25) is 10.1 Å². The Kier molecular flexibility index (Phi) is 5.73. The molecule has 0 saturated carbocycles. The summed E-state index contributed by atoms with van der Waals surface area (Å²) in [6, 6.07) is 14.3. The zero-order valence-electron chi connectivity index (χ0n) is 14.5. The molecule has 0 amide bonds. The van der Waals surface area contributed by atoms with E-state index in [1.807, 2.05) is 26.0 Å². The first-order chi connectivity index (χ1) is 12.9. The summed E-state index contributed by atoms with van der Waals surface area (Å²) in [6.45, 7) is 3.73. The molecular formula is C19H13N5O3. The van der Waals surface area contributed by atoms with E-state index in [1.54, 1.807) is 24.3 Å². The van der Waals surface area contributed by atoms with Crippen LogP contribution in [0.1, 0.15) is 11.1 Å². The van der Waals surface area contributed by atoms with Crippen LogP contribution in [0, 0.1) is 58.0 Å². The first-order valence-corrected chi connectivity index (χ1v) is 7.64. The molecule has 0 radical (unpaired) electrons. The summed E-state index contributed by atoms with van der Waals surface area (Å²) in [7, 11) is 0. The van der Waals surface area contributed by atoms with Gasteiger partial charge in [-0.15, -0.1) is 0 Å². The van der Waals surface area contributed by atoms with Gasteiger partial charge in [-0.05, 0) is 31.0 Å². The van der Waals surface area contributed by atoms with E-state index in [2.05, 4.69) is 5.32 Å². The van der Waals surface area contributed by atoms with Crippen LogP contribution in [0.25, 0.3) is 0 Å². The van der Waals surface area contributed by atoms with Crippen LogP contribution < -0.4 is 10.1 Å². The van der Waals surface area contributed by atoms with Crippen molar-refractivity contribution in [3.8, 4) is 29.7 Å². The second-order valence-corrected chi connectivity index (χ2v) is 5.55. The van der Waals surface area contributed by atoms with Crippen LogP contribution in [0.2, 0.25) is 0 Å². The van der Waals surface area contributed by atoms with Crippen LogP contribution in [0.4, 0.5) is 11.4 Å². The molecule has 2 aromatic carbocycles. The van der Waals surface area contributed by atoms with Crippen LogP contribution in [-0.4, -0.2) is 4.92 Å². The second kappa shape index (κ2) is 8.15. The number of rotatable bonds is 5. The zero-order chi connectivity index (χ0) is 20.0. The highest BCUT2D eigenvalue weighted by atomic mass is 16.6. The molecule has 0 aliphatic carbocycles. The van der Waals surface area contributed by atoms with E-state index in [-0.39, 0.29) is 22.8 Å². The van der Waals surface area contributed by atoms with Crippen molar-refractivity contribution in [2.24, 2.45) is 0 Å². The number of hydrogen-bond donors (Lipinski definition) is 1. The van der Waals surface area contributed by atoms with E-state index < -0.39 is 10.5 Å². The largest absolute Gasteiger partial charge is 0.457 e. The Labute approximate surface area is 155 Å². The lowest BCUT2D eigenvalue weighted by Gasteiger charge is -2.12. The van der Waals surface area contributed by atoms with Crippen molar-refractivity contribution in [3.63, 3.8) is 0 Å². The van der Waals surface area contributed by atoms with E-state index in [0.717, 1.165) is 11.1 Å². The number of nitro benzene ring substituents is 1. The summed E-state index contributed by atoms with van der Waals surface area (Å²) < 4.78 is 5.78. The highest BCUT2D eigenvalue weighted by Gasteiger charge is 2.14. The number of benzene rings is 2. The molecule has 2 aromatic rings. The molecule has 8 heteroatoms. The minimum Gasteiger partial charge on any atom is -0.457 e. The number of anilines is 1. The van der Waals surface area contributed by atoms with Crippen molar-refractivity contribution in [1.82, 2.24) is 0 Å². The zero-order valence-corrected chi connectivity index (χ0v) is 14.5. The summed E-state index contributed by atoms with van der Waals surface area (Å²) in [6.07, 6.45) is 0. The molecule has 8 nitrogen and oxygen atoms in total. The molecule has 0 heterocycles. The van der Waals surface area contributed by atoms with Crippen molar-refractivity contribution < 1.29 is 9.66 Å². The standard InChI is InChI=1S/C19H13N5O3/c1-12-3-4-13(2)19(5-12)27-17-7-15(6-16(8-17)24(25)26)23-18(11-22)14(9-20)10-21/h3-8,23H,1-2H3. The van der Waals surface area contributed by atoms with E-state index in [1.165, 1.54) is 18.2 Å². The second-order valence-electron chi connectivity index (χ2n) is 5.55. The van der Waals surface area contributed by atoms with Crippen LogP contribution in [0.5, 0.6) is 11.5 Å². The van der Waals surface area contributed by atoms with Crippen LogP contribution >= 0.6 is 0 Å². The fourth-order valence-electron chi connectivity index (χ4n) is 2.19. The van der Waals surface area contributed by atoms with E-state index >= 15 is 0 Å². The molecule has 0 aromatic heterocycles. The third-order valence-electron chi connectivity index (χ3n) is 3.53. The topological polar surface area (TPSA) is 136 Å². The molecule has 0 saturated heterocycles. The van der Waals surface area contributed by atoms with Crippen LogP contribution in [0.3, 0.4) is 0 Å². The quantitative estimate of drug-likeness (QED) is 0.479. The van der Waals surface area contributed by atoms with Crippen LogP contribution in [-0.2, 0) is 0 Å². The van der Waals surface area contributed by atoms with E-state index in [9.17, 15) is 10.1 Å². The van der Waals surface area contributed by atoms with Crippen molar-refractivity contribution in [1.29, 1.82) is 15.8 Å². The number of nitrogens with zero attached hydrogens (tertiary/aromatic N) is 4. The van der Waals surface area contributed by atoms with Gasteiger partial charge in [0.2, 0.25) is 0 Å². The average molecular weight is 359 g/mol. The summed E-state index contributed by atoms with van der Waals surface area (Å²) in [5, 5.41) is 40.7. The Balaban J connectivity index is 2.49. The molecule has 0 unspecified atom stereocenters. The Morgan fingerprint density at radius 3 is 2.37 bits per heavy atom. The van der Waals surface area contributed by atoms with Crippen molar-refractivity contribution >= 4 is 11.4 Å². The predicted molar refractivity (Wildman–Crippen MR) is 96.6 cm³/mol. The molecular weight excluding hydrogens is 346 g/mol. The predicted octanol–water partition coefficient (Wildman–Crippen LogP) is 4.24. The lowest BCUT2D eigenvalue weighted by atomic mass is 10.1. The van der Waals surface area contributed by atoms with E-state index in [4.69, 9.17) is 20.5 Å². The molecule has 0 spiro atoms. The van der Waals surface area contributed by atoms with Gasteiger partial charge in [-0.1, -0.05) is 12.1 Å². The molecule has 27 heavy (non-hydrogen) atoms. The highest BCUT2D eigenvalue weighted by molar-refractivity contribution is 5.63. The first-order valence-electron chi connectivity index (χ1n) is 7.64. The molecule has 0 fully saturated rings. The summed E-state index contributed by atoms with van der Waals surface area (Å²) in [5.41, 5.74) is 0.938. The van der Waals surface area contributed by atoms with Crippen LogP contribution in [0.15, 0.2) is 47.7 Å². The van der Waals surface area contributed by atoms with Crippen molar-refractivity contribution in [2.75, 3.05) is 5.32 Å². The summed E-state index contributed by atoms with van der Waals surface area (Å²) >= 11 is 0. The molecule has 2 rings (SSSR count). The maximum absolute atomic E-state index is 11.2. The van der Waals surface area contributed by atoms with Crippen molar-refractivity contribution in [2.45, 2.75) is 13.8 Å². The smallest absolute Gasteiger partial charge is 0.275 e. The van der Waals surface area contributed by atoms with Gasteiger partial charge in [0.1, 0.15) is 35.4 Å². The molecule has 1 N–H and O–H groups in total. The van der Waals surface area contributed by atoms with Gasteiger partial charge in [-0.2, -0.15) is 15.8 Å². The van der Waals surface area contributed by atoms with Gasteiger partial charge in [0.15, 0.2) is 5.57 Å². The lowest BCUT2D eigenvalue weighted by Crippen LogP contribution is -2.02. The Bertz CT molecular complexity index is 1050. The number of allylic oxidation sites excluding steroid dienone is 2. The monoisotopic (exact) mass is 359 g/mol. The minimum absolute atomic E-state index is 0.143. The molecule has 0 aliphatic heterocycles. The third-order valence-corrected chi connectivity index (χ3v) is 3.53. The van der Waals surface area contributed by atoms with Gasteiger partial charge < -0.3 is 10.1 Å². The number of aryl methyl sites for hydroxylation is 2. The van der Waals surface area contributed by atoms with Gasteiger partial charge >= 0.3 is 0 Å². The highest BCUT2D eigenvalue weighted by Crippen LogP contribution is 2.32. The SMILES string of the molecule is Cc1ccc(C)c(Oc2cc(NC(C#N)=C(C#N)C#N)cc([N+](=O)[O-])c2)c1. The molecule has 0 aliphatic rings. The molecule has 0 atom stereocenters. The van der Waals surface area contributed by atoms with Gasteiger partial charge in [0.05, 0.1) is 11.0 Å². The Morgan fingerprint density at radius 2 is 1.78 bits per heavy atom. The Hall–Kier alpha value is -4.35. The number of non-ortho nitro benzene ring substituents is 1. The van der Waals surface area contributed by atoms with E-state index in [0.29, 0.717) is 5.75 Å². The van der Waals surface area contributed by atoms with Crippen molar-refractivity contribution in [3.05, 3.63) is 68.9 Å². The number of nitriles is 3. The summed E-state index contributed by atoms with van der Waals surface area (Å²) in [5.74, 6) is 0.709. The summed E-state index contributed by atoms with van der Waals surface area (Å²) in [4.78, 5) is 10.6. The Morgan fingerprint density at radius 1 is 1.07 bits per heavy atom. The normalized spacial score (nSPS) is 9.30.